The number of rotatable bonds is 10. The van der Waals surface area contributed by atoms with E-state index in [1.165, 1.54) is 6.92 Å². The summed E-state index contributed by atoms with van der Waals surface area (Å²) in [4.78, 5) is 50.9. The molecule has 0 aliphatic heterocycles. The van der Waals surface area contributed by atoms with Crippen LogP contribution in [0.15, 0.2) is 0 Å². The van der Waals surface area contributed by atoms with E-state index in [9.17, 15) is 24.3 Å². The van der Waals surface area contributed by atoms with Gasteiger partial charge in [0.05, 0.1) is 18.1 Å². The van der Waals surface area contributed by atoms with Gasteiger partial charge in [-0.05, 0) is 38.5 Å². The van der Waals surface area contributed by atoms with Crippen molar-refractivity contribution in [1.29, 1.82) is 0 Å². The van der Waals surface area contributed by atoms with Crippen LogP contribution in [0.1, 0.15) is 54.4 Å². The number of nitrogens with two attached hydrogens (primary N) is 3. The lowest BCUT2D eigenvalue weighted by molar-refractivity contribution is -0.171. The van der Waals surface area contributed by atoms with E-state index in [4.69, 9.17) is 17.2 Å². The summed E-state index contributed by atoms with van der Waals surface area (Å²) in [7, 11) is 0. The Bertz CT molecular complexity index is 576. The topological polar surface area (TPSA) is 170 Å². The second kappa shape index (κ2) is 9.91. The minimum atomic E-state index is -2.50. The second-order valence-corrected chi connectivity index (χ2v) is 8.01. The van der Waals surface area contributed by atoms with Gasteiger partial charge in [-0.1, -0.05) is 27.7 Å². The van der Waals surface area contributed by atoms with E-state index in [0.29, 0.717) is 4.90 Å². The molecule has 7 N–H and O–H groups in total. The molecule has 0 bridgehead atoms. The van der Waals surface area contributed by atoms with Gasteiger partial charge in [0.1, 0.15) is 0 Å². The number of ketones is 1. The third-order valence-corrected chi connectivity index (χ3v) is 4.28. The molecular formula is C18H34N4O5. The van der Waals surface area contributed by atoms with Gasteiger partial charge >= 0.3 is 5.97 Å². The van der Waals surface area contributed by atoms with Crippen molar-refractivity contribution in [1.82, 2.24) is 4.90 Å². The fourth-order valence-corrected chi connectivity index (χ4v) is 2.81. The Hall–Kier alpha value is -1.84. The van der Waals surface area contributed by atoms with E-state index >= 15 is 0 Å². The molecule has 0 spiro atoms. The van der Waals surface area contributed by atoms with E-state index in [-0.39, 0.29) is 24.7 Å². The average molecular weight is 386 g/mol. The molecule has 0 aliphatic carbocycles. The Morgan fingerprint density at radius 3 is 1.59 bits per heavy atom. The summed E-state index contributed by atoms with van der Waals surface area (Å²) in [6.45, 7) is 9.59. The zero-order valence-electron chi connectivity index (χ0n) is 17.1. The van der Waals surface area contributed by atoms with Crippen LogP contribution < -0.4 is 17.2 Å². The molecule has 0 rings (SSSR count). The Morgan fingerprint density at radius 1 is 0.852 bits per heavy atom. The maximum absolute atomic E-state index is 12.9. The van der Waals surface area contributed by atoms with E-state index in [0.717, 1.165) is 6.92 Å². The molecule has 4 unspecified atom stereocenters. The summed E-state index contributed by atoms with van der Waals surface area (Å²) < 4.78 is 0. The van der Waals surface area contributed by atoms with E-state index in [1.807, 2.05) is 27.7 Å². The van der Waals surface area contributed by atoms with Crippen LogP contribution >= 0.6 is 0 Å². The molecule has 0 heterocycles. The first kappa shape index (κ1) is 25.2. The number of carbonyl (C=O) groups excluding carboxylic acids is 3. The number of carbonyl (C=O) groups is 4. The van der Waals surface area contributed by atoms with Gasteiger partial charge in [0.2, 0.25) is 17.4 Å². The SMILES string of the molecule is CC(C)CC(N)C(=O)N(C(=O)C(C)N)C(C)(C(=O)O)C(=O)C(N)CC(C)C. The molecule has 156 valence electrons. The molecule has 0 aromatic heterocycles. The summed E-state index contributed by atoms with van der Waals surface area (Å²) in [5.74, 6) is -4.52. The highest BCUT2D eigenvalue weighted by Gasteiger charge is 2.54. The summed E-state index contributed by atoms with van der Waals surface area (Å²) in [6.07, 6.45) is 0.414. The summed E-state index contributed by atoms with van der Waals surface area (Å²) in [6, 6.07) is -3.52. The first-order valence-corrected chi connectivity index (χ1v) is 9.10. The van der Waals surface area contributed by atoms with Crippen LogP contribution in [0.3, 0.4) is 0 Å². The highest BCUT2D eigenvalue weighted by molar-refractivity contribution is 6.17. The fraction of sp³-hybridized carbons (Fsp3) is 0.778. The monoisotopic (exact) mass is 386 g/mol. The standard InChI is InChI=1S/C18H34N4O5/c1-9(2)7-12(20)14(23)18(6,17(26)27)22(15(24)11(5)19)16(25)13(21)8-10(3)4/h9-13H,7-8,19-21H2,1-6H3,(H,26,27). The molecule has 9 nitrogen and oxygen atoms in total. The zero-order chi connectivity index (χ0) is 21.7. The predicted molar refractivity (Wildman–Crippen MR) is 101 cm³/mol. The number of hydrogen-bond acceptors (Lipinski definition) is 7. The average Bonchev–Trinajstić information content (AvgIpc) is 2.51. The largest absolute Gasteiger partial charge is 0.479 e. The van der Waals surface area contributed by atoms with Crippen molar-refractivity contribution in [3.05, 3.63) is 0 Å². The highest BCUT2D eigenvalue weighted by Crippen LogP contribution is 2.24. The van der Waals surface area contributed by atoms with Crippen LogP contribution in [0, 0.1) is 11.8 Å². The lowest BCUT2D eigenvalue weighted by Gasteiger charge is -2.38. The third-order valence-electron chi connectivity index (χ3n) is 4.28. The molecule has 0 radical (unpaired) electrons. The number of carboxylic acids is 1. The number of imide groups is 1. The van der Waals surface area contributed by atoms with Crippen molar-refractivity contribution in [2.24, 2.45) is 29.0 Å². The Labute approximate surface area is 160 Å². The number of amides is 2. The van der Waals surface area contributed by atoms with Gasteiger partial charge in [-0.2, -0.15) is 0 Å². The molecule has 0 fully saturated rings. The van der Waals surface area contributed by atoms with Gasteiger partial charge in [-0.15, -0.1) is 0 Å². The normalized spacial score (nSPS) is 17.1. The van der Waals surface area contributed by atoms with Crippen LogP contribution in [0.5, 0.6) is 0 Å². The molecule has 9 heteroatoms. The zero-order valence-corrected chi connectivity index (χ0v) is 17.1. The molecule has 0 saturated heterocycles. The quantitative estimate of drug-likeness (QED) is 0.375. The molecular weight excluding hydrogens is 352 g/mol. The summed E-state index contributed by atoms with van der Waals surface area (Å²) >= 11 is 0. The van der Waals surface area contributed by atoms with Crippen molar-refractivity contribution < 1.29 is 24.3 Å². The number of hydrogen-bond donors (Lipinski definition) is 4. The van der Waals surface area contributed by atoms with Gasteiger partial charge in [0.25, 0.3) is 0 Å². The molecule has 0 saturated carbocycles. The van der Waals surface area contributed by atoms with Crippen LogP contribution in [0.2, 0.25) is 0 Å². The maximum Gasteiger partial charge on any atom is 0.337 e. The first-order chi connectivity index (χ1) is 12.2. The van der Waals surface area contributed by atoms with Gasteiger partial charge in [0.15, 0.2) is 5.78 Å². The third kappa shape index (κ3) is 6.08. The van der Waals surface area contributed by atoms with Crippen molar-refractivity contribution >= 4 is 23.6 Å². The molecule has 0 aromatic carbocycles. The Kier molecular flexibility index (Phi) is 9.24. The van der Waals surface area contributed by atoms with Crippen molar-refractivity contribution in [2.45, 2.75) is 78.0 Å². The van der Waals surface area contributed by atoms with Crippen LogP contribution in [0.25, 0.3) is 0 Å². The minimum Gasteiger partial charge on any atom is -0.479 e. The van der Waals surface area contributed by atoms with Crippen molar-refractivity contribution in [3.8, 4) is 0 Å². The highest BCUT2D eigenvalue weighted by atomic mass is 16.4. The van der Waals surface area contributed by atoms with E-state index < -0.39 is 47.2 Å². The fourth-order valence-electron chi connectivity index (χ4n) is 2.81. The second-order valence-electron chi connectivity index (χ2n) is 8.01. The summed E-state index contributed by atoms with van der Waals surface area (Å²) in [5, 5.41) is 9.80. The van der Waals surface area contributed by atoms with Gasteiger partial charge in [-0.25, -0.2) is 4.79 Å². The lowest BCUT2D eigenvalue weighted by atomic mass is 9.85. The smallest absolute Gasteiger partial charge is 0.337 e. The van der Waals surface area contributed by atoms with Gasteiger partial charge < -0.3 is 22.3 Å². The molecule has 2 amide bonds. The predicted octanol–water partition coefficient (Wildman–Crippen LogP) is -0.152. The number of Topliss-reactive ketones (excluding diaryl/α,β-unsaturated/α-hetero) is 1. The van der Waals surface area contributed by atoms with Crippen molar-refractivity contribution in [2.75, 3.05) is 0 Å². The molecule has 27 heavy (non-hydrogen) atoms. The number of aliphatic carboxylic acids is 1. The van der Waals surface area contributed by atoms with Crippen LogP contribution in [-0.4, -0.2) is 57.2 Å². The molecule has 0 aromatic rings. The van der Waals surface area contributed by atoms with Crippen molar-refractivity contribution in [3.63, 3.8) is 0 Å². The number of nitrogens with zero attached hydrogens (tertiary/aromatic N) is 1. The van der Waals surface area contributed by atoms with Gasteiger partial charge in [-0.3, -0.25) is 19.3 Å². The Balaban J connectivity index is 6.26. The van der Waals surface area contributed by atoms with Gasteiger partial charge in [0, 0.05) is 0 Å². The molecule has 0 aliphatic rings. The lowest BCUT2D eigenvalue weighted by Crippen LogP contribution is -2.69. The van der Waals surface area contributed by atoms with Crippen LogP contribution in [-0.2, 0) is 19.2 Å². The molecule has 4 atom stereocenters. The first-order valence-electron chi connectivity index (χ1n) is 9.10. The van der Waals surface area contributed by atoms with E-state index in [2.05, 4.69) is 0 Å². The van der Waals surface area contributed by atoms with E-state index in [1.54, 1.807) is 0 Å². The summed E-state index contributed by atoms with van der Waals surface area (Å²) in [5.41, 5.74) is 14.9. The maximum atomic E-state index is 12.9. The minimum absolute atomic E-state index is 0.0125. The van der Waals surface area contributed by atoms with Crippen LogP contribution in [0.4, 0.5) is 0 Å². The Morgan fingerprint density at radius 2 is 1.26 bits per heavy atom. The number of carboxylic acid groups (broad SMARTS) is 1.